The third kappa shape index (κ3) is 3.03. The molecule has 1 saturated carbocycles. The molecule has 0 radical (unpaired) electrons. The van der Waals surface area contributed by atoms with Crippen molar-refractivity contribution in [3.8, 4) is 0 Å². The zero-order valence-electron chi connectivity index (χ0n) is 10.5. The molecule has 2 rings (SSSR count). The highest BCUT2D eigenvalue weighted by atomic mass is 32.2. The zero-order chi connectivity index (χ0) is 13.0. The second-order valence-electron chi connectivity index (χ2n) is 4.48. The van der Waals surface area contributed by atoms with Crippen LogP contribution in [0.15, 0.2) is 29.2 Å². The molecule has 1 aromatic rings. The van der Waals surface area contributed by atoms with Crippen LogP contribution in [-0.2, 0) is 0 Å². The lowest BCUT2D eigenvalue weighted by Crippen LogP contribution is -2.33. The number of nitrogens with zero attached hydrogens (tertiary/aromatic N) is 1. The lowest BCUT2D eigenvalue weighted by molar-refractivity contribution is -0.387. The van der Waals surface area contributed by atoms with Crippen LogP contribution in [0.5, 0.6) is 0 Å². The first-order valence-corrected chi connectivity index (χ1v) is 7.23. The Labute approximate surface area is 111 Å². The molecule has 1 aromatic carbocycles. The molecule has 2 atom stereocenters. The number of nitro benzene ring substituents is 1. The SMILES string of the molecule is CCNC1CCCC1Sc1ccccc1[N+](=O)[O-]. The lowest BCUT2D eigenvalue weighted by Gasteiger charge is -2.19. The number of thioether (sulfide) groups is 1. The number of nitro groups is 1. The summed E-state index contributed by atoms with van der Waals surface area (Å²) < 4.78 is 0. The molecule has 18 heavy (non-hydrogen) atoms. The molecule has 0 aromatic heterocycles. The standard InChI is InChI=1S/C13H18N2O2S/c1-2-14-10-6-5-9-12(10)18-13-8-4-3-7-11(13)15(16)17/h3-4,7-8,10,12,14H,2,5-6,9H2,1H3. The predicted molar refractivity (Wildman–Crippen MR) is 74.1 cm³/mol. The number of hydrogen-bond acceptors (Lipinski definition) is 4. The number of benzene rings is 1. The van der Waals surface area contributed by atoms with Gasteiger partial charge in [-0.25, -0.2) is 0 Å². The second kappa shape index (κ2) is 6.20. The monoisotopic (exact) mass is 266 g/mol. The van der Waals surface area contributed by atoms with Gasteiger partial charge in [0, 0.05) is 17.4 Å². The molecule has 0 bridgehead atoms. The van der Waals surface area contributed by atoms with Gasteiger partial charge in [0.15, 0.2) is 0 Å². The van der Waals surface area contributed by atoms with E-state index in [-0.39, 0.29) is 10.6 Å². The van der Waals surface area contributed by atoms with Gasteiger partial charge >= 0.3 is 0 Å². The molecule has 98 valence electrons. The van der Waals surface area contributed by atoms with Crippen LogP contribution in [0.3, 0.4) is 0 Å². The van der Waals surface area contributed by atoms with Crippen molar-refractivity contribution in [3.05, 3.63) is 34.4 Å². The van der Waals surface area contributed by atoms with E-state index in [9.17, 15) is 10.1 Å². The Morgan fingerprint density at radius 3 is 2.94 bits per heavy atom. The van der Waals surface area contributed by atoms with Gasteiger partial charge in [-0.3, -0.25) is 10.1 Å². The smallest absolute Gasteiger partial charge is 0.282 e. The number of nitrogens with one attached hydrogen (secondary N) is 1. The van der Waals surface area contributed by atoms with Crippen molar-refractivity contribution in [1.82, 2.24) is 5.32 Å². The molecule has 2 unspecified atom stereocenters. The van der Waals surface area contributed by atoms with E-state index >= 15 is 0 Å². The maximum atomic E-state index is 11.0. The summed E-state index contributed by atoms with van der Waals surface area (Å²) in [6.45, 7) is 3.06. The topological polar surface area (TPSA) is 55.2 Å². The van der Waals surface area contributed by atoms with Crippen LogP contribution >= 0.6 is 11.8 Å². The average Bonchev–Trinajstić information content (AvgIpc) is 2.78. The summed E-state index contributed by atoms with van der Waals surface area (Å²) in [6, 6.07) is 7.51. The molecule has 0 heterocycles. The summed E-state index contributed by atoms with van der Waals surface area (Å²) in [6.07, 6.45) is 3.51. The fraction of sp³-hybridized carbons (Fsp3) is 0.538. The van der Waals surface area contributed by atoms with Gasteiger partial charge in [-0.05, 0) is 25.5 Å². The minimum absolute atomic E-state index is 0.227. The summed E-state index contributed by atoms with van der Waals surface area (Å²) >= 11 is 1.65. The van der Waals surface area contributed by atoms with Gasteiger partial charge in [0.25, 0.3) is 5.69 Å². The Balaban J connectivity index is 2.11. The van der Waals surface area contributed by atoms with Gasteiger partial charge in [0.05, 0.1) is 9.82 Å². The van der Waals surface area contributed by atoms with E-state index in [1.165, 1.54) is 12.8 Å². The summed E-state index contributed by atoms with van der Waals surface area (Å²) in [7, 11) is 0. The predicted octanol–water partition coefficient (Wildman–Crippen LogP) is 3.22. The summed E-state index contributed by atoms with van der Waals surface area (Å²) in [5, 5.41) is 14.9. The van der Waals surface area contributed by atoms with Crippen molar-refractivity contribution in [2.24, 2.45) is 0 Å². The minimum atomic E-state index is -0.292. The van der Waals surface area contributed by atoms with E-state index in [1.54, 1.807) is 23.9 Å². The van der Waals surface area contributed by atoms with Crippen molar-refractivity contribution in [2.75, 3.05) is 6.54 Å². The molecular formula is C13H18N2O2S. The maximum Gasteiger partial charge on any atom is 0.282 e. The molecular weight excluding hydrogens is 248 g/mol. The molecule has 1 N–H and O–H groups in total. The first-order chi connectivity index (χ1) is 8.72. The molecule has 1 aliphatic carbocycles. The molecule has 5 heteroatoms. The Morgan fingerprint density at radius 2 is 2.22 bits per heavy atom. The normalized spacial score (nSPS) is 23.2. The summed E-state index contributed by atoms with van der Waals surface area (Å²) in [4.78, 5) is 11.5. The van der Waals surface area contributed by atoms with Crippen LogP contribution in [0.1, 0.15) is 26.2 Å². The van der Waals surface area contributed by atoms with Crippen molar-refractivity contribution in [1.29, 1.82) is 0 Å². The molecule has 1 aliphatic rings. The van der Waals surface area contributed by atoms with E-state index in [0.29, 0.717) is 11.3 Å². The quantitative estimate of drug-likeness (QED) is 0.656. The van der Waals surface area contributed by atoms with Crippen molar-refractivity contribution in [2.45, 2.75) is 42.4 Å². The van der Waals surface area contributed by atoms with Crippen LogP contribution in [0.4, 0.5) is 5.69 Å². The third-order valence-electron chi connectivity index (χ3n) is 3.26. The van der Waals surface area contributed by atoms with Crippen LogP contribution in [0.2, 0.25) is 0 Å². The van der Waals surface area contributed by atoms with Gasteiger partial charge in [0.2, 0.25) is 0 Å². The molecule has 0 amide bonds. The van der Waals surface area contributed by atoms with Gasteiger partial charge in [0.1, 0.15) is 0 Å². The zero-order valence-corrected chi connectivity index (χ0v) is 11.3. The molecule has 4 nitrogen and oxygen atoms in total. The Bertz CT molecular complexity index is 425. The largest absolute Gasteiger partial charge is 0.313 e. The number of rotatable bonds is 5. The molecule has 0 spiro atoms. The minimum Gasteiger partial charge on any atom is -0.313 e. The van der Waals surface area contributed by atoms with E-state index in [4.69, 9.17) is 0 Å². The third-order valence-corrected chi connectivity index (χ3v) is 4.73. The van der Waals surface area contributed by atoms with Crippen molar-refractivity contribution in [3.63, 3.8) is 0 Å². The van der Waals surface area contributed by atoms with Gasteiger partial charge in [-0.1, -0.05) is 25.5 Å². The van der Waals surface area contributed by atoms with E-state index < -0.39 is 0 Å². The highest BCUT2D eigenvalue weighted by molar-refractivity contribution is 8.00. The summed E-state index contributed by atoms with van der Waals surface area (Å²) in [5.74, 6) is 0. The van der Waals surface area contributed by atoms with Crippen LogP contribution in [0.25, 0.3) is 0 Å². The van der Waals surface area contributed by atoms with Gasteiger partial charge < -0.3 is 5.32 Å². The summed E-state index contributed by atoms with van der Waals surface area (Å²) in [5.41, 5.74) is 0.227. The maximum absolute atomic E-state index is 11.0. The Morgan fingerprint density at radius 1 is 1.44 bits per heavy atom. The van der Waals surface area contributed by atoms with Crippen molar-refractivity contribution < 1.29 is 4.92 Å². The van der Waals surface area contributed by atoms with Crippen LogP contribution < -0.4 is 5.32 Å². The van der Waals surface area contributed by atoms with E-state index in [1.807, 2.05) is 12.1 Å². The van der Waals surface area contributed by atoms with Gasteiger partial charge in [-0.15, -0.1) is 11.8 Å². The molecule has 0 saturated heterocycles. The molecule has 0 aliphatic heterocycles. The van der Waals surface area contributed by atoms with Crippen LogP contribution in [0, 0.1) is 10.1 Å². The number of hydrogen-bond donors (Lipinski definition) is 1. The van der Waals surface area contributed by atoms with Crippen molar-refractivity contribution >= 4 is 17.4 Å². The fourth-order valence-electron chi connectivity index (χ4n) is 2.43. The molecule has 1 fully saturated rings. The average molecular weight is 266 g/mol. The first-order valence-electron chi connectivity index (χ1n) is 6.36. The second-order valence-corrected chi connectivity index (χ2v) is 5.76. The van der Waals surface area contributed by atoms with Crippen LogP contribution in [-0.4, -0.2) is 22.8 Å². The number of para-hydroxylation sites is 1. The highest BCUT2D eigenvalue weighted by Gasteiger charge is 2.29. The fourth-order valence-corrected chi connectivity index (χ4v) is 3.86. The van der Waals surface area contributed by atoms with Gasteiger partial charge in [-0.2, -0.15) is 0 Å². The van der Waals surface area contributed by atoms with E-state index in [2.05, 4.69) is 12.2 Å². The Hall–Kier alpha value is -1.07. The lowest BCUT2D eigenvalue weighted by atomic mass is 10.2. The highest BCUT2D eigenvalue weighted by Crippen LogP contribution is 2.38. The van der Waals surface area contributed by atoms with E-state index in [0.717, 1.165) is 17.9 Å². The first kappa shape index (κ1) is 13.4. The Kier molecular flexibility index (Phi) is 4.60.